The Kier molecular flexibility index (Phi) is 7.62. The van der Waals surface area contributed by atoms with Crippen molar-refractivity contribution in [3.63, 3.8) is 0 Å². The van der Waals surface area contributed by atoms with Crippen molar-refractivity contribution in [1.82, 2.24) is 15.0 Å². The highest BCUT2D eigenvalue weighted by molar-refractivity contribution is 6.15. The van der Waals surface area contributed by atoms with Crippen molar-refractivity contribution in [2.75, 3.05) is 33.4 Å². The topological polar surface area (TPSA) is 128 Å². The molecular formula is C23H26N4O6. The fourth-order valence-electron chi connectivity index (χ4n) is 3.20. The third kappa shape index (κ3) is 5.29. The lowest BCUT2D eigenvalue weighted by Crippen LogP contribution is -2.18. The maximum absolute atomic E-state index is 13.6. The zero-order valence-corrected chi connectivity index (χ0v) is 19.0. The Morgan fingerprint density at radius 3 is 2.48 bits per heavy atom. The average Bonchev–Trinajstić information content (AvgIpc) is 3.22. The summed E-state index contributed by atoms with van der Waals surface area (Å²) in [7, 11) is 3.07. The van der Waals surface area contributed by atoms with Gasteiger partial charge in [-0.1, -0.05) is 17.3 Å². The fourth-order valence-corrected chi connectivity index (χ4v) is 3.20. The molecule has 10 nitrogen and oxygen atoms in total. The number of methoxy groups -OCH3 is 2. The van der Waals surface area contributed by atoms with Gasteiger partial charge in [0.25, 0.3) is 0 Å². The molecule has 0 fully saturated rings. The lowest BCUT2D eigenvalue weighted by atomic mass is 10.0. The van der Waals surface area contributed by atoms with E-state index in [1.54, 1.807) is 39.2 Å². The number of anilines is 1. The first-order chi connectivity index (χ1) is 15.9. The van der Waals surface area contributed by atoms with Crippen LogP contribution in [0.4, 0.5) is 5.69 Å². The molecule has 10 heteroatoms. The quantitative estimate of drug-likeness (QED) is 0.213. The Balaban J connectivity index is 2.06. The maximum Gasteiger partial charge on any atom is 0.361 e. The molecule has 0 radical (unpaired) electrons. The van der Waals surface area contributed by atoms with Crippen molar-refractivity contribution >= 4 is 17.4 Å². The standard InChI is InChI=1S/C23H26N4O6/c1-5-32-23(29)20-21(27(26-25-20)12-15-6-8-16(31-4)9-7-15)22(28)17-11-19(33-13-30-3)14(2)10-18(17)24/h6-11H,5,12-13,24H2,1-4H3. The van der Waals surface area contributed by atoms with E-state index in [0.29, 0.717) is 11.5 Å². The molecule has 3 aromatic rings. The Labute approximate surface area is 191 Å². The molecule has 0 saturated heterocycles. The lowest BCUT2D eigenvalue weighted by molar-refractivity contribution is 0.0505. The van der Waals surface area contributed by atoms with Gasteiger partial charge < -0.3 is 24.7 Å². The molecule has 0 unspecified atom stereocenters. The minimum Gasteiger partial charge on any atom is -0.497 e. The Morgan fingerprint density at radius 1 is 1.12 bits per heavy atom. The number of esters is 1. The number of aromatic nitrogens is 3. The summed E-state index contributed by atoms with van der Waals surface area (Å²) in [6.07, 6.45) is 0. The smallest absolute Gasteiger partial charge is 0.361 e. The van der Waals surface area contributed by atoms with E-state index < -0.39 is 11.8 Å². The van der Waals surface area contributed by atoms with E-state index >= 15 is 0 Å². The van der Waals surface area contributed by atoms with Gasteiger partial charge in [-0.2, -0.15) is 0 Å². The number of nitrogens with two attached hydrogens (primary N) is 1. The Morgan fingerprint density at radius 2 is 1.85 bits per heavy atom. The summed E-state index contributed by atoms with van der Waals surface area (Å²) in [5.41, 5.74) is 7.88. The molecule has 3 rings (SSSR count). The number of carbonyl (C=O) groups is 2. The zero-order valence-electron chi connectivity index (χ0n) is 19.0. The summed E-state index contributed by atoms with van der Waals surface area (Å²) in [5, 5.41) is 7.98. The number of hydrogen-bond donors (Lipinski definition) is 1. The van der Waals surface area contributed by atoms with Crippen molar-refractivity contribution in [2.45, 2.75) is 20.4 Å². The van der Waals surface area contributed by atoms with Crippen molar-refractivity contribution in [3.05, 3.63) is 64.5 Å². The highest BCUT2D eigenvalue weighted by Crippen LogP contribution is 2.28. The van der Waals surface area contributed by atoms with Gasteiger partial charge in [-0.05, 0) is 49.2 Å². The van der Waals surface area contributed by atoms with E-state index in [2.05, 4.69) is 10.3 Å². The predicted molar refractivity (Wildman–Crippen MR) is 120 cm³/mol. The molecule has 0 aliphatic heterocycles. The summed E-state index contributed by atoms with van der Waals surface area (Å²) in [6.45, 7) is 3.78. The maximum atomic E-state index is 13.6. The molecule has 174 valence electrons. The third-order valence-corrected chi connectivity index (χ3v) is 4.83. The van der Waals surface area contributed by atoms with Crippen LogP contribution in [0.1, 0.15) is 44.6 Å². The van der Waals surface area contributed by atoms with Crippen LogP contribution in [0, 0.1) is 6.92 Å². The van der Waals surface area contributed by atoms with Crippen molar-refractivity contribution in [2.24, 2.45) is 0 Å². The first kappa shape index (κ1) is 23.7. The number of aryl methyl sites for hydroxylation is 1. The molecule has 0 amide bonds. The minimum absolute atomic E-state index is 0.00340. The molecule has 33 heavy (non-hydrogen) atoms. The van der Waals surface area contributed by atoms with Gasteiger partial charge in [0.2, 0.25) is 11.5 Å². The van der Waals surface area contributed by atoms with Crippen LogP contribution in [0.3, 0.4) is 0 Å². The highest BCUT2D eigenvalue weighted by atomic mass is 16.7. The molecule has 2 aromatic carbocycles. The van der Waals surface area contributed by atoms with Crippen LogP contribution in [0.25, 0.3) is 0 Å². The van der Waals surface area contributed by atoms with Crippen LogP contribution in [0.15, 0.2) is 36.4 Å². The SMILES string of the molecule is CCOC(=O)c1nnn(Cc2ccc(OC)cc2)c1C(=O)c1cc(OCOC)c(C)cc1N. The van der Waals surface area contributed by atoms with E-state index in [0.717, 1.165) is 11.1 Å². The molecule has 1 heterocycles. The van der Waals surface area contributed by atoms with E-state index in [1.165, 1.54) is 17.9 Å². The summed E-state index contributed by atoms with van der Waals surface area (Å²) in [4.78, 5) is 26.1. The van der Waals surface area contributed by atoms with Gasteiger partial charge in [0.05, 0.1) is 25.8 Å². The number of nitrogen functional groups attached to an aromatic ring is 1. The first-order valence-corrected chi connectivity index (χ1v) is 10.2. The molecule has 2 N–H and O–H groups in total. The van der Waals surface area contributed by atoms with Crippen LogP contribution >= 0.6 is 0 Å². The summed E-state index contributed by atoms with van der Waals surface area (Å²) >= 11 is 0. The van der Waals surface area contributed by atoms with Crippen LogP contribution in [0.2, 0.25) is 0 Å². The minimum atomic E-state index is -0.747. The molecule has 1 aromatic heterocycles. The molecule has 0 atom stereocenters. The summed E-state index contributed by atoms with van der Waals surface area (Å²) < 4.78 is 22.1. The normalized spacial score (nSPS) is 10.7. The monoisotopic (exact) mass is 454 g/mol. The molecule has 0 spiro atoms. The van der Waals surface area contributed by atoms with Gasteiger partial charge in [-0.15, -0.1) is 5.10 Å². The van der Waals surface area contributed by atoms with Gasteiger partial charge in [-0.3, -0.25) is 4.79 Å². The largest absolute Gasteiger partial charge is 0.497 e. The molecule has 0 aliphatic carbocycles. The third-order valence-electron chi connectivity index (χ3n) is 4.83. The number of rotatable bonds is 10. The molecule has 0 bridgehead atoms. The van der Waals surface area contributed by atoms with Gasteiger partial charge in [0.15, 0.2) is 6.79 Å². The number of nitrogens with zero attached hydrogens (tertiary/aromatic N) is 3. The molecular weight excluding hydrogens is 428 g/mol. The van der Waals surface area contributed by atoms with Gasteiger partial charge in [-0.25, -0.2) is 9.48 Å². The number of hydrogen-bond acceptors (Lipinski definition) is 9. The van der Waals surface area contributed by atoms with Crippen molar-refractivity contribution < 1.29 is 28.5 Å². The van der Waals surface area contributed by atoms with Gasteiger partial charge in [0, 0.05) is 12.8 Å². The number of ketones is 1. The second-order valence-electron chi connectivity index (χ2n) is 7.10. The van der Waals surface area contributed by atoms with Crippen molar-refractivity contribution in [1.29, 1.82) is 0 Å². The zero-order chi connectivity index (χ0) is 24.0. The van der Waals surface area contributed by atoms with Crippen LogP contribution < -0.4 is 15.2 Å². The number of ether oxygens (including phenoxy) is 4. The van der Waals surface area contributed by atoms with Crippen LogP contribution in [-0.4, -0.2) is 54.4 Å². The predicted octanol–water partition coefficient (Wildman–Crippen LogP) is 2.62. The number of benzene rings is 2. The van der Waals surface area contributed by atoms with E-state index in [1.807, 2.05) is 12.1 Å². The van der Waals surface area contributed by atoms with E-state index in [-0.39, 0.29) is 42.6 Å². The molecule has 0 aliphatic rings. The highest BCUT2D eigenvalue weighted by Gasteiger charge is 2.29. The second-order valence-corrected chi connectivity index (χ2v) is 7.10. The summed E-state index contributed by atoms with van der Waals surface area (Å²) in [6, 6.07) is 10.4. The molecule has 0 saturated carbocycles. The summed E-state index contributed by atoms with van der Waals surface area (Å²) in [5.74, 6) is -0.155. The van der Waals surface area contributed by atoms with Crippen molar-refractivity contribution in [3.8, 4) is 11.5 Å². The van der Waals surface area contributed by atoms with Gasteiger partial charge in [0.1, 0.15) is 17.2 Å². The lowest BCUT2D eigenvalue weighted by Gasteiger charge is -2.13. The Bertz CT molecular complexity index is 1140. The van der Waals surface area contributed by atoms with E-state index in [9.17, 15) is 9.59 Å². The number of carbonyl (C=O) groups excluding carboxylic acids is 2. The average molecular weight is 454 g/mol. The Hall–Kier alpha value is -3.92. The van der Waals surface area contributed by atoms with Gasteiger partial charge >= 0.3 is 5.97 Å². The first-order valence-electron chi connectivity index (χ1n) is 10.2. The second kappa shape index (κ2) is 10.6. The fraction of sp³-hybridized carbons (Fsp3) is 0.304. The van der Waals surface area contributed by atoms with E-state index in [4.69, 9.17) is 24.7 Å². The van der Waals surface area contributed by atoms with Crippen LogP contribution in [0.5, 0.6) is 11.5 Å². The van der Waals surface area contributed by atoms with Crippen LogP contribution in [-0.2, 0) is 16.0 Å².